The standard InChI is InChI=1S/C41H50F3N7O5S/c1-24-18-32(19-25(2)49(24)23-36(53)47-29-7-5-6-28(20-29)46-34-14-15-35(52)48-37(34)54)56-17-16-26-8-11-30(12-9-26)51-39(57)50(38(55)40(51,3)4)31-13-10-27(22-45)33(21-31)41(42,43)44/h5-7,10,13,20-21,24-26,30,32,34,46H,8-9,11-12,14-19,23H2,1-4H3,(H,47,53)(H,48,52,54)/t24-,25+,26-,30-,32?,34?. The zero-order valence-electron chi connectivity index (χ0n) is 32.7. The number of piperidine rings is 2. The van der Waals surface area contributed by atoms with Crippen molar-refractivity contribution in [3.8, 4) is 6.07 Å². The van der Waals surface area contributed by atoms with E-state index >= 15 is 0 Å². The van der Waals surface area contributed by atoms with Gasteiger partial charge in [0.25, 0.3) is 5.91 Å². The van der Waals surface area contributed by atoms with Gasteiger partial charge in [-0.2, -0.15) is 18.4 Å². The number of carbonyl (C=O) groups excluding carboxylic acids is 4. The van der Waals surface area contributed by atoms with Crippen molar-refractivity contribution in [3.63, 3.8) is 0 Å². The maximum atomic E-state index is 13.7. The molecule has 2 aromatic rings. The van der Waals surface area contributed by atoms with Gasteiger partial charge in [-0.15, -0.1) is 0 Å². The van der Waals surface area contributed by atoms with Gasteiger partial charge in [0, 0.05) is 42.5 Å². The molecule has 0 aromatic heterocycles. The minimum atomic E-state index is -4.76. The van der Waals surface area contributed by atoms with Crippen LogP contribution in [0, 0.1) is 17.2 Å². The molecule has 3 saturated heterocycles. The first-order valence-electron chi connectivity index (χ1n) is 19.6. The average Bonchev–Trinajstić information content (AvgIpc) is 3.32. The number of thiocarbonyl (C=S) groups is 1. The maximum absolute atomic E-state index is 13.7. The summed E-state index contributed by atoms with van der Waals surface area (Å²) in [5.41, 5.74) is -1.38. The van der Waals surface area contributed by atoms with Crippen molar-refractivity contribution in [2.45, 2.75) is 127 Å². The summed E-state index contributed by atoms with van der Waals surface area (Å²) in [6, 6.07) is 11.7. The van der Waals surface area contributed by atoms with Crippen LogP contribution in [0.25, 0.3) is 0 Å². The number of carbonyl (C=O) groups is 4. The Hall–Kier alpha value is -4.59. The maximum Gasteiger partial charge on any atom is 0.417 e. The average molecular weight is 810 g/mol. The molecule has 1 saturated carbocycles. The highest BCUT2D eigenvalue weighted by atomic mass is 32.1. The third-order valence-electron chi connectivity index (χ3n) is 11.9. The van der Waals surface area contributed by atoms with Crippen LogP contribution in [0.4, 0.5) is 30.2 Å². The van der Waals surface area contributed by atoms with Gasteiger partial charge in [0.1, 0.15) is 11.6 Å². The van der Waals surface area contributed by atoms with Gasteiger partial charge in [0.05, 0.1) is 35.5 Å². The first-order chi connectivity index (χ1) is 27.0. The largest absolute Gasteiger partial charge is 0.417 e. The number of likely N-dealkylation sites (tertiary alicyclic amines) is 1. The highest BCUT2D eigenvalue weighted by Gasteiger charge is 2.52. The fourth-order valence-electron chi connectivity index (χ4n) is 8.84. The number of hydrogen-bond acceptors (Lipinski definition) is 9. The number of ether oxygens (including phenoxy) is 1. The molecule has 16 heteroatoms. The molecule has 3 N–H and O–H groups in total. The Bertz CT molecular complexity index is 1920. The lowest BCUT2D eigenvalue weighted by Gasteiger charge is -2.42. The van der Waals surface area contributed by atoms with Crippen molar-refractivity contribution >= 4 is 58.0 Å². The molecule has 4 fully saturated rings. The highest BCUT2D eigenvalue weighted by molar-refractivity contribution is 7.80. The summed E-state index contributed by atoms with van der Waals surface area (Å²) < 4.78 is 47.6. The molecule has 57 heavy (non-hydrogen) atoms. The normalized spacial score (nSPS) is 26.9. The van der Waals surface area contributed by atoms with E-state index in [1.165, 1.54) is 11.0 Å². The first-order valence-corrected chi connectivity index (χ1v) is 20.0. The van der Waals surface area contributed by atoms with Crippen LogP contribution in [-0.2, 0) is 30.1 Å². The summed E-state index contributed by atoms with van der Waals surface area (Å²) in [5, 5.41) is 17.9. The Kier molecular flexibility index (Phi) is 12.6. The molecule has 2 aromatic carbocycles. The lowest BCUT2D eigenvalue weighted by atomic mass is 9.82. The van der Waals surface area contributed by atoms with Gasteiger partial charge in [0.15, 0.2) is 5.11 Å². The predicted molar refractivity (Wildman–Crippen MR) is 212 cm³/mol. The lowest BCUT2D eigenvalue weighted by Crippen LogP contribution is -2.51. The van der Waals surface area contributed by atoms with Crippen LogP contribution >= 0.6 is 12.2 Å². The predicted octanol–water partition coefficient (Wildman–Crippen LogP) is 6.35. The van der Waals surface area contributed by atoms with Gasteiger partial charge in [-0.3, -0.25) is 34.3 Å². The molecular formula is C41H50F3N7O5S. The molecule has 4 amide bonds. The Morgan fingerprint density at radius 2 is 1.70 bits per heavy atom. The molecule has 0 radical (unpaired) electrons. The molecule has 0 bridgehead atoms. The SMILES string of the molecule is C[C@@H]1CC(OCC[C@H]2CC[C@H](N3C(=S)N(c4ccc(C#N)c(C(F)(F)F)c4)C(=O)C3(C)C)CC2)C[C@H](C)N1CC(=O)Nc1cccc(NC2CCC(=O)NC2=O)c1. The van der Waals surface area contributed by atoms with Gasteiger partial charge in [-0.05, 0) is 134 Å². The van der Waals surface area contributed by atoms with E-state index in [9.17, 15) is 37.6 Å². The Balaban J connectivity index is 0.943. The second-order valence-corrected chi connectivity index (χ2v) is 16.6. The molecule has 2 unspecified atom stereocenters. The van der Waals surface area contributed by atoms with E-state index < -0.39 is 34.8 Å². The van der Waals surface area contributed by atoms with Crippen LogP contribution in [-0.4, -0.2) is 87.5 Å². The van der Waals surface area contributed by atoms with E-state index in [4.69, 9.17) is 17.0 Å². The molecule has 4 aliphatic rings. The molecule has 12 nitrogen and oxygen atoms in total. The molecule has 4 atom stereocenters. The van der Waals surface area contributed by atoms with E-state index in [0.29, 0.717) is 30.3 Å². The Labute approximate surface area is 336 Å². The van der Waals surface area contributed by atoms with E-state index in [0.717, 1.165) is 57.1 Å². The number of amides is 4. The third kappa shape index (κ3) is 9.42. The number of hydrogen-bond donors (Lipinski definition) is 3. The Morgan fingerprint density at radius 1 is 1.02 bits per heavy atom. The van der Waals surface area contributed by atoms with Gasteiger partial charge in [-0.1, -0.05) is 6.07 Å². The van der Waals surface area contributed by atoms with E-state index in [2.05, 4.69) is 34.7 Å². The molecule has 3 aliphatic heterocycles. The number of alkyl halides is 3. The zero-order valence-corrected chi connectivity index (χ0v) is 33.5. The summed E-state index contributed by atoms with van der Waals surface area (Å²) in [6.07, 6.45) is 1.85. The second kappa shape index (κ2) is 17.1. The van der Waals surface area contributed by atoms with Crippen LogP contribution in [0.1, 0.15) is 96.6 Å². The summed E-state index contributed by atoms with van der Waals surface area (Å²) in [6.45, 7) is 8.56. The van der Waals surface area contributed by atoms with Crippen LogP contribution in [0.5, 0.6) is 0 Å². The number of rotatable bonds is 11. The van der Waals surface area contributed by atoms with E-state index in [1.54, 1.807) is 38.1 Å². The number of nitriles is 1. The molecular weight excluding hydrogens is 760 g/mol. The minimum Gasteiger partial charge on any atom is -0.378 e. The zero-order chi connectivity index (χ0) is 41.2. The second-order valence-electron chi connectivity index (χ2n) is 16.3. The van der Waals surface area contributed by atoms with Gasteiger partial charge >= 0.3 is 6.18 Å². The summed E-state index contributed by atoms with van der Waals surface area (Å²) in [7, 11) is 0. The molecule has 3 heterocycles. The molecule has 1 aliphatic carbocycles. The summed E-state index contributed by atoms with van der Waals surface area (Å²) in [5.74, 6) is -0.749. The van der Waals surface area contributed by atoms with Crippen LogP contribution < -0.4 is 20.9 Å². The molecule has 0 spiro atoms. The van der Waals surface area contributed by atoms with Gasteiger partial charge in [0.2, 0.25) is 17.7 Å². The van der Waals surface area contributed by atoms with E-state index in [1.807, 2.05) is 11.0 Å². The third-order valence-corrected chi connectivity index (χ3v) is 12.2. The fraction of sp³-hybridized carbons (Fsp3) is 0.561. The molecule has 6 rings (SSSR count). The summed E-state index contributed by atoms with van der Waals surface area (Å²) >= 11 is 5.75. The van der Waals surface area contributed by atoms with Crippen molar-refractivity contribution in [1.29, 1.82) is 5.26 Å². The van der Waals surface area contributed by atoms with Crippen LogP contribution in [0.3, 0.4) is 0 Å². The lowest BCUT2D eigenvalue weighted by molar-refractivity contribution is -0.138. The van der Waals surface area contributed by atoms with Gasteiger partial charge in [-0.25, -0.2) is 0 Å². The number of benzene rings is 2. The number of anilines is 3. The van der Waals surface area contributed by atoms with Crippen LogP contribution in [0.2, 0.25) is 0 Å². The number of nitrogens with zero attached hydrogens (tertiary/aromatic N) is 4. The van der Waals surface area contributed by atoms with E-state index in [-0.39, 0.29) is 65.7 Å². The fourth-order valence-corrected chi connectivity index (χ4v) is 9.41. The monoisotopic (exact) mass is 809 g/mol. The van der Waals surface area contributed by atoms with Crippen molar-refractivity contribution in [3.05, 3.63) is 53.6 Å². The first kappa shape index (κ1) is 42.0. The van der Waals surface area contributed by atoms with Crippen molar-refractivity contribution in [2.75, 3.05) is 28.7 Å². The topological polar surface area (TPSA) is 147 Å². The Morgan fingerprint density at radius 3 is 2.35 bits per heavy atom. The quantitative estimate of drug-likeness (QED) is 0.173. The minimum absolute atomic E-state index is 0.000615. The molecule has 306 valence electrons. The van der Waals surface area contributed by atoms with Gasteiger partial charge < -0.3 is 20.3 Å². The van der Waals surface area contributed by atoms with Crippen LogP contribution in [0.15, 0.2) is 42.5 Å². The highest BCUT2D eigenvalue weighted by Crippen LogP contribution is 2.41. The number of halogens is 3. The number of imide groups is 1. The van der Waals surface area contributed by atoms with Crippen molar-refractivity contribution in [2.24, 2.45) is 5.92 Å². The number of nitrogens with one attached hydrogen (secondary N) is 3. The summed E-state index contributed by atoms with van der Waals surface area (Å²) in [4.78, 5) is 55.6. The van der Waals surface area contributed by atoms with Crippen molar-refractivity contribution < 1.29 is 37.1 Å². The smallest absolute Gasteiger partial charge is 0.378 e. The van der Waals surface area contributed by atoms with Crippen molar-refractivity contribution in [1.82, 2.24) is 15.1 Å².